The van der Waals surface area contributed by atoms with E-state index in [4.69, 9.17) is 4.84 Å². The second kappa shape index (κ2) is 5.00. The maximum atomic E-state index is 13.7. The molecule has 122 valence electrons. The Morgan fingerprint density at radius 2 is 1.68 bits per heavy atom. The zero-order valence-electron chi connectivity index (χ0n) is 14.0. The lowest BCUT2D eigenvalue weighted by atomic mass is 9.59. The van der Waals surface area contributed by atoms with Crippen molar-refractivity contribution in [2.45, 2.75) is 57.6 Å². The number of nitrogens with zero attached hydrogens (tertiary/aromatic N) is 1. The van der Waals surface area contributed by atoms with Crippen LogP contribution < -0.4 is 0 Å². The highest BCUT2D eigenvalue weighted by molar-refractivity contribution is 5.28. The highest BCUT2D eigenvalue weighted by Crippen LogP contribution is 2.53. The molecular formula is C18H25F2NO. The van der Waals surface area contributed by atoms with Crippen molar-refractivity contribution in [1.82, 2.24) is 5.06 Å². The average molecular weight is 309 g/mol. The van der Waals surface area contributed by atoms with Crippen molar-refractivity contribution in [1.29, 1.82) is 0 Å². The molecule has 2 aliphatic rings. The van der Waals surface area contributed by atoms with Gasteiger partial charge in [-0.1, -0.05) is 13.8 Å². The first-order valence-electron chi connectivity index (χ1n) is 8.01. The minimum Gasteiger partial charge on any atom is -0.293 e. The van der Waals surface area contributed by atoms with Crippen LogP contribution in [0.2, 0.25) is 0 Å². The molecule has 4 heteroatoms. The van der Waals surface area contributed by atoms with Crippen molar-refractivity contribution in [2.75, 3.05) is 7.05 Å². The molecule has 1 heterocycles. The fraction of sp³-hybridized carbons (Fsp3) is 0.667. The second-order valence-electron chi connectivity index (χ2n) is 7.94. The second-order valence-corrected chi connectivity index (χ2v) is 7.94. The van der Waals surface area contributed by atoms with E-state index in [1.54, 1.807) is 0 Å². The van der Waals surface area contributed by atoms with E-state index in [0.717, 1.165) is 24.5 Å². The number of rotatable bonds is 1. The Balaban J connectivity index is 1.99. The fourth-order valence-electron chi connectivity index (χ4n) is 4.82. The highest BCUT2D eigenvalue weighted by atomic mass is 19.1. The number of hydroxylamine groups is 2. The molecule has 2 fully saturated rings. The van der Waals surface area contributed by atoms with E-state index in [0.29, 0.717) is 17.9 Å². The number of hydrogen-bond acceptors (Lipinski definition) is 2. The standard InChI is InChI=1S/C18H25F2NO/c1-11-9-18(4,12-6-13(19)8-14(20)7-12)10-15-16(11)21(5)22-17(15,2)3/h6-8,11,15-16H,9-10H2,1-5H3. The Hall–Kier alpha value is -1.00. The molecule has 0 N–H and O–H groups in total. The van der Waals surface area contributed by atoms with Gasteiger partial charge in [0.05, 0.1) is 5.60 Å². The third-order valence-electron chi connectivity index (χ3n) is 5.69. The maximum Gasteiger partial charge on any atom is 0.126 e. The fourth-order valence-corrected chi connectivity index (χ4v) is 4.82. The summed E-state index contributed by atoms with van der Waals surface area (Å²) in [5.74, 6) is -0.241. The normalized spacial score (nSPS) is 38.0. The molecule has 1 aromatic rings. The maximum absolute atomic E-state index is 13.7. The summed E-state index contributed by atoms with van der Waals surface area (Å²) in [6.07, 6.45) is 1.78. The summed E-state index contributed by atoms with van der Waals surface area (Å²) >= 11 is 0. The summed E-state index contributed by atoms with van der Waals surface area (Å²) in [4.78, 5) is 6.03. The van der Waals surface area contributed by atoms with E-state index in [-0.39, 0.29) is 11.0 Å². The predicted molar refractivity (Wildman–Crippen MR) is 82.3 cm³/mol. The monoisotopic (exact) mass is 309 g/mol. The Morgan fingerprint density at radius 1 is 1.09 bits per heavy atom. The van der Waals surface area contributed by atoms with Crippen LogP contribution in [0.25, 0.3) is 0 Å². The molecule has 1 aromatic carbocycles. The summed E-state index contributed by atoms with van der Waals surface area (Å²) in [5.41, 5.74) is 0.289. The molecule has 1 aliphatic heterocycles. The molecule has 2 nitrogen and oxygen atoms in total. The van der Waals surface area contributed by atoms with Gasteiger partial charge in [0, 0.05) is 25.1 Å². The van der Waals surface area contributed by atoms with Gasteiger partial charge < -0.3 is 0 Å². The number of hydrogen-bond donors (Lipinski definition) is 0. The van der Waals surface area contributed by atoms with Gasteiger partial charge in [-0.25, -0.2) is 8.78 Å². The molecule has 0 aromatic heterocycles. The Kier molecular flexibility index (Phi) is 3.61. The number of fused-ring (bicyclic) bond motifs is 1. The van der Waals surface area contributed by atoms with Crippen LogP contribution in [0.4, 0.5) is 8.78 Å². The third-order valence-corrected chi connectivity index (χ3v) is 5.69. The van der Waals surface area contributed by atoms with Gasteiger partial charge in [-0.3, -0.25) is 4.84 Å². The first kappa shape index (κ1) is 15.9. The molecule has 1 saturated heterocycles. The van der Waals surface area contributed by atoms with Crippen LogP contribution in [0.3, 0.4) is 0 Å². The van der Waals surface area contributed by atoms with Crippen LogP contribution in [0.5, 0.6) is 0 Å². The van der Waals surface area contributed by atoms with E-state index < -0.39 is 11.6 Å². The highest BCUT2D eigenvalue weighted by Gasteiger charge is 2.55. The Labute approximate surface area is 131 Å². The molecule has 0 radical (unpaired) electrons. The van der Waals surface area contributed by atoms with Gasteiger partial charge in [0.25, 0.3) is 0 Å². The lowest BCUT2D eigenvalue weighted by molar-refractivity contribution is -0.182. The summed E-state index contributed by atoms with van der Waals surface area (Å²) in [7, 11) is 1.99. The topological polar surface area (TPSA) is 12.5 Å². The number of benzene rings is 1. The quantitative estimate of drug-likeness (QED) is 0.767. The molecule has 1 saturated carbocycles. The zero-order valence-corrected chi connectivity index (χ0v) is 14.0. The van der Waals surface area contributed by atoms with Crippen molar-refractivity contribution in [3.63, 3.8) is 0 Å². The lowest BCUT2D eigenvalue weighted by Crippen LogP contribution is -2.48. The van der Waals surface area contributed by atoms with E-state index in [1.165, 1.54) is 12.1 Å². The van der Waals surface area contributed by atoms with Crippen molar-refractivity contribution < 1.29 is 13.6 Å². The van der Waals surface area contributed by atoms with Crippen molar-refractivity contribution >= 4 is 0 Å². The first-order chi connectivity index (χ1) is 10.1. The Morgan fingerprint density at radius 3 is 2.27 bits per heavy atom. The minimum atomic E-state index is -0.495. The van der Waals surface area contributed by atoms with Gasteiger partial charge in [-0.05, 0) is 55.7 Å². The van der Waals surface area contributed by atoms with Gasteiger partial charge >= 0.3 is 0 Å². The van der Waals surface area contributed by atoms with Gasteiger partial charge in [-0.2, -0.15) is 5.06 Å². The van der Waals surface area contributed by atoms with Crippen molar-refractivity contribution in [3.05, 3.63) is 35.4 Å². The average Bonchev–Trinajstić information content (AvgIpc) is 2.58. The van der Waals surface area contributed by atoms with E-state index in [2.05, 4.69) is 27.7 Å². The minimum absolute atomic E-state index is 0.227. The van der Waals surface area contributed by atoms with Gasteiger partial charge in [0.1, 0.15) is 11.6 Å². The summed E-state index contributed by atoms with van der Waals surface area (Å²) in [5, 5.41) is 1.99. The van der Waals surface area contributed by atoms with Crippen LogP contribution in [-0.4, -0.2) is 23.8 Å². The zero-order chi connectivity index (χ0) is 16.3. The first-order valence-corrected chi connectivity index (χ1v) is 8.01. The van der Waals surface area contributed by atoms with Crippen LogP contribution in [0.1, 0.15) is 46.1 Å². The Bertz CT molecular complexity index is 568. The molecular weight excluding hydrogens is 284 g/mol. The van der Waals surface area contributed by atoms with E-state index >= 15 is 0 Å². The predicted octanol–water partition coefficient (Wildman–Crippen LogP) is 4.29. The molecule has 0 bridgehead atoms. The summed E-state index contributed by atoms with van der Waals surface area (Å²) in [6.45, 7) is 8.56. The molecule has 1 aliphatic carbocycles. The smallest absolute Gasteiger partial charge is 0.126 e. The number of halogens is 2. The SMILES string of the molecule is CC1CC(C)(c2cc(F)cc(F)c2)CC2C1N(C)OC2(C)C. The van der Waals surface area contributed by atoms with Crippen LogP contribution in [0.15, 0.2) is 18.2 Å². The molecule has 22 heavy (non-hydrogen) atoms. The molecule has 0 amide bonds. The summed E-state index contributed by atoms with van der Waals surface area (Å²) < 4.78 is 27.3. The van der Waals surface area contributed by atoms with Crippen molar-refractivity contribution in [3.8, 4) is 0 Å². The van der Waals surface area contributed by atoms with Gasteiger partial charge in [-0.15, -0.1) is 0 Å². The van der Waals surface area contributed by atoms with Gasteiger partial charge in [0.2, 0.25) is 0 Å². The van der Waals surface area contributed by atoms with Crippen LogP contribution >= 0.6 is 0 Å². The third kappa shape index (κ3) is 2.46. The molecule has 0 spiro atoms. The lowest BCUT2D eigenvalue weighted by Gasteiger charge is -2.46. The van der Waals surface area contributed by atoms with Gasteiger partial charge in [0.15, 0.2) is 0 Å². The van der Waals surface area contributed by atoms with Crippen molar-refractivity contribution in [2.24, 2.45) is 11.8 Å². The largest absolute Gasteiger partial charge is 0.293 e. The summed E-state index contributed by atoms with van der Waals surface area (Å²) in [6, 6.07) is 4.28. The molecule has 4 unspecified atom stereocenters. The van der Waals surface area contributed by atoms with Crippen LogP contribution in [0, 0.1) is 23.5 Å². The molecule has 3 rings (SSSR count). The van der Waals surface area contributed by atoms with E-state index in [1.807, 2.05) is 12.1 Å². The molecule has 4 atom stereocenters. The van der Waals surface area contributed by atoms with E-state index in [9.17, 15) is 8.78 Å². The van der Waals surface area contributed by atoms with Crippen LogP contribution in [-0.2, 0) is 10.3 Å².